The van der Waals surface area contributed by atoms with Crippen molar-refractivity contribution >= 4 is 5.91 Å². The molecule has 1 aliphatic heterocycles. The van der Waals surface area contributed by atoms with E-state index in [2.05, 4.69) is 18.9 Å². The van der Waals surface area contributed by atoms with Crippen molar-refractivity contribution in [2.75, 3.05) is 26.7 Å². The number of hydrogen-bond acceptors (Lipinski definition) is 2. The van der Waals surface area contributed by atoms with E-state index >= 15 is 0 Å². The van der Waals surface area contributed by atoms with Gasteiger partial charge in [-0.3, -0.25) is 4.79 Å². The van der Waals surface area contributed by atoms with Gasteiger partial charge in [0.2, 0.25) is 5.91 Å². The Kier molecular flexibility index (Phi) is 6.57. The number of carbonyl (C=O) groups excluding carboxylic acids is 1. The maximum absolute atomic E-state index is 11.7. The molecule has 0 aliphatic carbocycles. The van der Waals surface area contributed by atoms with Crippen LogP contribution < -0.4 is 0 Å². The van der Waals surface area contributed by atoms with E-state index in [1.807, 2.05) is 32.6 Å². The lowest BCUT2D eigenvalue weighted by Gasteiger charge is -2.39. The molecule has 0 aromatic rings. The summed E-state index contributed by atoms with van der Waals surface area (Å²) >= 11 is 0. The van der Waals surface area contributed by atoms with Crippen LogP contribution >= 0.6 is 0 Å². The van der Waals surface area contributed by atoms with E-state index in [1.54, 1.807) is 0 Å². The van der Waals surface area contributed by atoms with Crippen molar-refractivity contribution in [2.24, 2.45) is 5.92 Å². The Hall–Kier alpha value is -0.570. The van der Waals surface area contributed by atoms with E-state index in [1.165, 1.54) is 0 Å². The summed E-state index contributed by atoms with van der Waals surface area (Å²) in [6, 6.07) is 0.369. The Morgan fingerprint density at radius 2 is 1.80 bits per heavy atom. The third kappa shape index (κ3) is 4.20. The minimum absolute atomic E-state index is 0.130. The van der Waals surface area contributed by atoms with Crippen molar-refractivity contribution in [1.29, 1.82) is 0 Å². The van der Waals surface area contributed by atoms with Crippen LogP contribution in [-0.2, 0) is 4.79 Å². The fourth-order valence-corrected chi connectivity index (χ4v) is 1.80. The lowest BCUT2D eigenvalue weighted by atomic mass is 10.1. The molecule has 0 saturated carbocycles. The summed E-state index contributed by atoms with van der Waals surface area (Å²) in [4.78, 5) is 16.0. The van der Waals surface area contributed by atoms with Crippen LogP contribution in [-0.4, -0.2) is 48.4 Å². The molecule has 1 saturated heterocycles. The maximum Gasteiger partial charge on any atom is 0.225 e. The van der Waals surface area contributed by atoms with Crippen molar-refractivity contribution in [1.82, 2.24) is 9.80 Å². The van der Waals surface area contributed by atoms with Gasteiger partial charge in [-0.15, -0.1) is 0 Å². The van der Waals surface area contributed by atoms with Gasteiger partial charge in [-0.05, 0) is 14.0 Å². The van der Waals surface area contributed by atoms with Gasteiger partial charge < -0.3 is 9.80 Å². The molecular formula is C12H26N2O. The van der Waals surface area contributed by atoms with Crippen LogP contribution in [0.2, 0.25) is 0 Å². The average Bonchev–Trinajstić information content (AvgIpc) is 2.20. The van der Waals surface area contributed by atoms with E-state index in [4.69, 9.17) is 0 Å². The van der Waals surface area contributed by atoms with Crippen molar-refractivity contribution in [2.45, 2.75) is 40.7 Å². The number of carbonyl (C=O) groups is 1. The summed E-state index contributed by atoms with van der Waals surface area (Å²) in [6.07, 6.45) is 0. The average molecular weight is 214 g/mol. The molecule has 0 spiro atoms. The lowest BCUT2D eigenvalue weighted by Crippen LogP contribution is -2.53. The second-order valence-corrected chi connectivity index (χ2v) is 4.30. The zero-order valence-electron chi connectivity index (χ0n) is 11.1. The number of hydrogen-bond donors (Lipinski definition) is 0. The second-order valence-electron chi connectivity index (χ2n) is 4.30. The Morgan fingerprint density at radius 1 is 1.27 bits per heavy atom. The highest BCUT2D eigenvalue weighted by Gasteiger charge is 2.26. The van der Waals surface area contributed by atoms with Gasteiger partial charge in [0.15, 0.2) is 0 Å². The van der Waals surface area contributed by atoms with Gasteiger partial charge in [-0.25, -0.2) is 0 Å². The fourth-order valence-electron chi connectivity index (χ4n) is 1.80. The highest BCUT2D eigenvalue weighted by Crippen LogP contribution is 2.11. The second kappa shape index (κ2) is 6.83. The van der Waals surface area contributed by atoms with Gasteiger partial charge in [-0.2, -0.15) is 0 Å². The SMILES string of the molecule is CC.CC(C)C(=O)N1CCN(C)C[C@@H]1C. The molecule has 3 nitrogen and oxygen atoms in total. The summed E-state index contributed by atoms with van der Waals surface area (Å²) < 4.78 is 0. The van der Waals surface area contributed by atoms with Crippen LogP contribution in [0.1, 0.15) is 34.6 Å². The molecule has 0 N–H and O–H groups in total. The van der Waals surface area contributed by atoms with E-state index < -0.39 is 0 Å². The fraction of sp³-hybridized carbons (Fsp3) is 0.917. The lowest BCUT2D eigenvalue weighted by molar-refractivity contribution is -0.138. The van der Waals surface area contributed by atoms with Crippen molar-refractivity contribution in [3.8, 4) is 0 Å². The topological polar surface area (TPSA) is 23.6 Å². The quantitative estimate of drug-likeness (QED) is 0.665. The van der Waals surface area contributed by atoms with Crippen molar-refractivity contribution in [3.05, 3.63) is 0 Å². The van der Waals surface area contributed by atoms with Crippen LogP contribution in [0.5, 0.6) is 0 Å². The molecule has 0 bridgehead atoms. The summed E-state index contributed by atoms with van der Waals surface area (Å²) in [7, 11) is 2.10. The molecule has 1 aliphatic rings. The molecule has 0 radical (unpaired) electrons. The minimum atomic E-state index is 0.130. The first-order valence-corrected chi connectivity index (χ1v) is 6.01. The van der Waals surface area contributed by atoms with E-state index in [0.717, 1.165) is 19.6 Å². The number of likely N-dealkylation sites (N-methyl/N-ethyl adjacent to an activating group) is 1. The van der Waals surface area contributed by atoms with Gasteiger partial charge >= 0.3 is 0 Å². The predicted molar refractivity (Wildman–Crippen MR) is 64.9 cm³/mol. The van der Waals surface area contributed by atoms with Crippen LogP contribution in [0.25, 0.3) is 0 Å². The third-order valence-corrected chi connectivity index (χ3v) is 2.61. The summed E-state index contributed by atoms with van der Waals surface area (Å²) in [5.74, 6) is 0.423. The van der Waals surface area contributed by atoms with E-state index in [0.29, 0.717) is 11.9 Å². The number of piperazine rings is 1. The van der Waals surface area contributed by atoms with Crippen molar-refractivity contribution in [3.63, 3.8) is 0 Å². The molecule has 1 heterocycles. The molecule has 1 fully saturated rings. The van der Waals surface area contributed by atoms with E-state index in [-0.39, 0.29) is 5.92 Å². The van der Waals surface area contributed by atoms with Gasteiger partial charge in [0.25, 0.3) is 0 Å². The van der Waals surface area contributed by atoms with Crippen LogP contribution in [0.15, 0.2) is 0 Å². The third-order valence-electron chi connectivity index (χ3n) is 2.61. The molecule has 0 aromatic carbocycles. The highest BCUT2D eigenvalue weighted by atomic mass is 16.2. The van der Waals surface area contributed by atoms with Crippen molar-refractivity contribution < 1.29 is 4.79 Å². The predicted octanol–water partition coefficient (Wildman–Crippen LogP) is 1.83. The highest BCUT2D eigenvalue weighted by molar-refractivity contribution is 5.78. The molecule has 0 aromatic heterocycles. The summed E-state index contributed by atoms with van der Waals surface area (Å²) in [5, 5.41) is 0. The van der Waals surface area contributed by atoms with Gasteiger partial charge in [-0.1, -0.05) is 27.7 Å². The van der Waals surface area contributed by atoms with Crippen LogP contribution in [0.4, 0.5) is 0 Å². The summed E-state index contributed by atoms with van der Waals surface area (Å²) in [5.41, 5.74) is 0. The smallest absolute Gasteiger partial charge is 0.225 e. The molecule has 1 atom stereocenters. The molecule has 15 heavy (non-hydrogen) atoms. The Morgan fingerprint density at radius 3 is 2.20 bits per heavy atom. The molecule has 0 unspecified atom stereocenters. The first kappa shape index (κ1) is 14.4. The number of amides is 1. The first-order valence-electron chi connectivity index (χ1n) is 6.01. The monoisotopic (exact) mass is 214 g/mol. The van der Waals surface area contributed by atoms with E-state index in [9.17, 15) is 4.79 Å². The first-order chi connectivity index (χ1) is 7.02. The molecule has 1 rings (SSSR count). The standard InChI is InChI=1S/C10H20N2O.C2H6/c1-8(2)10(13)12-6-5-11(4)7-9(12)3;1-2/h8-9H,5-7H2,1-4H3;1-2H3/t9-;/m0./s1. The zero-order valence-corrected chi connectivity index (χ0v) is 11.1. The summed E-state index contributed by atoms with van der Waals surface area (Å²) in [6.45, 7) is 12.9. The Balaban J connectivity index is 0.000000921. The number of rotatable bonds is 1. The Bertz CT molecular complexity index is 192. The minimum Gasteiger partial charge on any atom is -0.337 e. The van der Waals surface area contributed by atoms with Gasteiger partial charge in [0.05, 0.1) is 0 Å². The van der Waals surface area contributed by atoms with Gasteiger partial charge in [0, 0.05) is 31.6 Å². The molecule has 1 amide bonds. The molecular weight excluding hydrogens is 188 g/mol. The molecule has 3 heteroatoms. The van der Waals surface area contributed by atoms with Crippen LogP contribution in [0, 0.1) is 5.92 Å². The zero-order chi connectivity index (χ0) is 12.0. The van der Waals surface area contributed by atoms with Crippen LogP contribution in [0.3, 0.4) is 0 Å². The number of nitrogens with zero attached hydrogens (tertiary/aromatic N) is 2. The molecule has 90 valence electrons. The largest absolute Gasteiger partial charge is 0.337 e. The normalized spacial score (nSPS) is 22.3. The maximum atomic E-state index is 11.7. The van der Waals surface area contributed by atoms with Gasteiger partial charge in [0.1, 0.15) is 0 Å². The Labute approximate surface area is 94.4 Å².